The fourth-order valence-electron chi connectivity index (χ4n) is 4.24. The minimum atomic E-state index is -1.22. The number of carboxylic acids is 1. The first-order valence-corrected chi connectivity index (χ1v) is 14.7. The van der Waals surface area contributed by atoms with Gasteiger partial charge in [0.1, 0.15) is 18.2 Å². The summed E-state index contributed by atoms with van der Waals surface area (Å²) >= 11 is 0. The quantitative estimate of drug-likeness (QED) is 0.0956. The lowest BCUT2D eigenvalue weighted by Crippen LogP contribution is -2.47. The second kappa shape index (κ2) is 18.3. The molecule has 1 heterocycles. The van der Waals surface area contributed by atoms with Gasteiger partial charge in [0.2, 0.25) is 17.7 Å². The summed E-state index contributed by atoms with van der Waals surface area (Å²) in [7, 11) is 0. The molecule has 246 valence electrons. The molecule has 0 saturated heterocycles. The first kappa shape index (κ1) is 36.6. The summed E-state index contributed by atoms with van der Waals surface area (Å²) in [5.41, 5.74) is -0.0252. The van der Waals surface area contributed by atoms with Gasteiger partial charge in [-0.05, 0) is 39.2 Å². The molecule has 0 spiro atoms. The third-order valence-corrected chi connectivity index (χ3v) is 6.30. The highest BCUT2D eigenvalue weighted by atomic mass is 16.6. The van der Waals surface area contributed by atoms with Crippen molar-refractivity contribution in [2.45, 2.75) is 77.0 Å². The number of imide groups is 1. The van der Waals surface area contributed by atoms with E-state index in [0.29, 0.717) is 19.3 Å². The van der Waals surface area contributed by atoms with Gasteiger partial charge in [0.05, 0.1) is 25.6 Å². The Morgan fingerprint density at radius 2 is 1.56 bits per heavy atom. The molecule has 1 aromatic carbocycles. The van der Waals surface area contributed by atoms with Gasteiger partial charge >= 0.3 is 11.9 Å². The van der Waals surface area contributed by atoms with E-state index in [0.717, 1.165) is 10.5 Å². The van der Waals surface area contributed by atoms with Crippen molar-refractivity contribution in [3.8, 4) is 0 Å². The number of benzene rings is 1. The highest BCUT2D eigenvalue weighted by Crippen LogP contribution is 2.11. The van der Waals surface area contributed by atoms with E-state index in [1.165, 1.54) is 12.2 Å². The minimum Gasteiger partial charge on any atom is -0.480 e. The second-order valence-corrected chi connectivity index (χ2v) is 11.5. The van der Waals surface area contributed by atoms with E-state index in [9.17, 15) is 38.7 Å². The predicted octanol–water partition coefficient (Wildman–Crippen LogP) is 0.633. The smallest absolute Gasteiger partial charge is 0.326 e. The van der Waals surface area contributed by atoms with Gasteiger partial charge in [0, 0.05) is 31.5 Å². The maximum absolute atomic E-state index is 12.6. The minimum absolute atomic E-state index is 0.0715. The highest BCUT2D eigenvalue weighted by Gasteiger charge is 2.24. The molecule has 1 aliphatic rings. The summed E-state index contributed by atoms with van der Waals surface area (Å²) < 4.78 is 10.7. The van der Waals surface area contributed by atoms with Gasteiger partial charge in [0.25, 0.3) is 11.8 Å². The fourth-order valence-corrected chi connectivity index (χ4v) is 4.24. The number of nitrogens with one attached hydrogen (secondary N) is 3. The number of unbranched alkanes of at least 4 members (excludes halogenated alkanes) is 2. The van der Waals surface area contributed by atoms with Crippen LogP contribution in [0, 0.1) is 0 Å². The molecule has 45 heavy (non-hydrogen) atoms. The third-order valence-electron chi connectivity index (χ3n) is 6.30. The van der Waals surface area contributed by atoms with Gasteiger partial charge in [-0.3, -0.25) is 33.7 Å². The summed E-state index contributed by atoms with van der Waals surface area (Å²) in [6.07, 6.45) is 4.02. The molecule has 4 N–H and O–H groups in total. The Labute approximate surface area is 261 Å². The van der Waals surface area contributed by atoms with Crippen LogP contribution in [0.1, 0.15) is 58.4 Å². The van der Waals surface area contributed by atoms with Crippen LogP contribution in [0.4, 0.5) is 0 Å². The van der Waals surface area contributed by atoms with E-state index >= 15 is 0 Å². The van der Waals surface area contributed by atoms with Crippen molar-refractivity contribution in [2.24, 2.45) is 0 Å². The Morgan fingerprint density at radius 1 is 0.889 bits per heavy atom. The van der Waals surface area contributed by atoms with Crippen molar-refractivity contribution < 1.29 is 48.1 Å². The first-order valence-electron chi connectivity index (χ1n) is 14.7. The molecule has 14 nitrogen and oxygen atoms in total. The third kappa shape index (κ3) is 15.1. The SMILES string of the molecule is CC(C)(C)OC(=O)CC(COCC(=O)NCC(=O)N[C@@H](Cc1ccccc1)C(=O)O)NC(=O)CCCCCN1C(=O)C=CC1=O. The summed E-state index contributed by atoms with van der Waals surface area (Å²) in [5, 5.41) is 16.9. The van der Waals surface area contributed by atoms with Gasteiger partial charge in [-0.2, -0.15) is 0 Å². The van der Waals surface area contributed by atoms with E-state index in [-0.39, 0.29) is 50.1 Å². The molecule has 5 amide bonds. The van der Waals surface area contributed by atoms with E-state index < -0.39 is 54.6 Å². The molecular formula is C31H42N4O10. The fraction of sp³-hybridized carbons (Fsp3) is 0.516. The maximum Gasteiger partial charge on any atom is 0.326 e. The van der Waals surface area contributed by atoms with Crippen LogP contribution in [0.15, 0.2) is 42.5 Å². The van der Waals surface area contributed by atoms with Crippen molar-refractivity contribution in [1.29, 1.82) is 0 Å². The van der Waals surface area contributed by atoms with Crippen LogP contribution in [0.2, 0.25) is 0 Å². The van der Waals surface area contributed by atoms with Crippen molar-refractivity contribution >= 4 is 41.5 Å². The number of rotatable bonds is 19. The molecular weight excluding hydrogens is 588 g/mol. The number of carbonyl (C=O) groups is 7. The highest BCUT2D eigenvalue weighted by molar-refractivity contribution is 6.12. The van der Waals surface area contributed by atoms with E-state index in [2.05, 4.69) is 16.0 Å². The average molecular weight is 631 g/mol. The lowest BCUT2D eigenvalue weighted by molar-refractivity contribution is -0.156. The molecule has 1 aliphatic heterocycles. The van der Waals surface area contributed by atoms with Gasteiger partial charge in [-0.1, -0.05) is 36.8 Å². The van der Waals surface area contributed by atoms with Crippen LogP contribution in [0.3, 0.4) is 0 Å². The Kier molecular flexibility index (Phi) is 14.9. The Hall–Kier alpha value is -4.59. The van der Waals surface area contributed by atoms with E-state index in [1.54, 1.807) is 51.1 Å². The number of amides is 5. The standard InChI is InChI=1S/C31H42N4O10/c1-31(2,3)45-29(41)17-22(33-24(36)12-8-5-9-15-35-27(39)13-14-28(35)40)19-44-20-26(38)32-18-25(37)34-23(30(42)43)16-21-10-6-4-7-11-21/h4,6-7,10-11,13-14,22-23H,5,8-9,12,15-20H2,1-3H3,(H,32,38)(H,33,36)(H,34,37)(H,42,43)/t22?,23-/m0/s1. The van der Waals surface area contributed by atoms with Crippen LogP contribution in [-0.2, 0) is 49.5 Å². The second-order valence-electron chi connectivity index (χ2n) is 11.5. The topological polar surface area (TPSA) is 198 Å². The lowest BCUT2D eigenvalue weighted by Gasteiger charge is -2.23. The maximum atomic E-state index is 12.6. The molecule has 2 atom stereocenters. The lowest BCUT2D eigenvalue weighted by atomic mass is 10.1. The number of aliphatic carboxylic acids is 1. The molecule has 0 fully saturated rings. The predicted molar refractivity (Wildman–Crippen MR) is 160 cm³/mol. The Bertz CT molecular complexity index is 1220. The zero-order valence-corrected chi connectivity index (χ0v) is 25.8. The molecule has 0 radical (unpaired) electrons. The average Bonchev–Trinajstić information content (AvgIpc) is 3.27. The van der Waals surface area contributed by atoms with Crippen molar-refractivity contribution in [1.82, 2.24) is 20.9 Å². The van der Waals surface area contributed by atoms with Crippen LogP contribution < -0.4 is 16.0 Å². The van der Waals surface area contributed by atoms with Crippen LogP contribution in [0.5, 0.6) is 0 Å². The number of ether oxygens (including phenoxy) is 2. The first-order chi connectivity index (χ1) is 21.2. The monoisotopic (exact) mass is 630 g/mol. The summed E-state index contributed by atoms with van der Waals surface area (Å²) in [6.45, 7) is 4.21. The largest absolute Gasteiger partial charge is 0.480 e. The Balaban J connectivity index is 1.76. The molecule has 0 saturated carbocycles. The molecule has 1 unspecified atom stereocenters. The van der Waals surface area contributed by atoms with Crippen molar-refractivity contribution in [3.63, 3.8) is 0 Å². The van der Waals surface area contributed by atoms with Crippen molar-refractivity contribution in [3.05, 3.63) is 48.0 Å². The van der Waals surface area contributed by atoms with E-state index in [1.807, 2.05) is 0 Å². The van der Waals surface area contributed by atoms with Crippen LogP contribution >= 0.6 is 0 Å². The van der Waals surface area contributed by atoms with Gasteiger partial charge in [-0.15, -0.1) is 0 Å². The molecule has 0 aromatic heterocycles. The summed E-state index contributed by atoms with van der Waals surface area (Å²) in [4.78, 5) is 85.4. The molecule has 14 heteroatoms. The van der Waals surface area contributed by atoms with E-state index in [4.69, 9.17) is 9.47 Å². The zero-order chi connectivity index (χ0) is 33.4. The van der Waals surface area contributed by atoms with Crippen LogP contribution in [-0.4, -0.2) is 95.5 Å². The number of hydrogen-bond acceptors (Lipinski definition) is 9. The van der Waals surface area contributed by atoms with Gasteiger partial charge in [0.15, 0.2) is 0 Å². The number of nitrogens with zero attached hydrogens (tertiary/aromatic N) is 1. The van der Waals surface area contributed by atoms with Crippen LogP contribution in [0.25, 0.3) is 0 Å². The summed E-state index contributed by atoms with van der Waals surface area (Å²) in [5.74, 6) is -4.21. The molecule has 0 bridgehead atoms. The molecule has 0 aliphatic carbocycles. The Morgan fingerprint density at radius 3 is 2.18 bits per heavy atom. The normalized spacial score (nSPS) is 14.1. The number of esters is 1. The molecule has 1 aromatic rings. The number of carbonyl (C=O) groups excluding carboxylic acids is 6. The van der Waals surface area contributed by atoms with Crippen molar-refractivity contribution in [2.75, 3.05) is 26.3 Å². The van der Waals surface area contributed by atoms with Gasteiger partial charge in [-0.25, -0.2) is 4.79 Å². The number of carboxylic acid groups (broad SMARTS) is 1. The number of hydrogen-bond donors (Lipinski definition) is 4. The molecule has 2 rings (SSSR count). The van der Waals surface area contributed by atoms with Gasteiger partial charge < -0.3 is 30.5 Å². The zero-order valence-electron chi connectivity index (χ0n) is 25.8. The summed E-state index contributed by atoms with van der Waals surface area (Å²) in [6, 6.07) is 6.79.